The van der Waals surface area contributed by atoms with Crippen LogP contribution in [-0.2, 0) is 0 Å². The van der Waals surface area contributed by atoms with Crippen LogP contribution in [0.3, 0.4) is 0 Å². The van der Waals surface area contributed by atoms with Crippen LogP contribution in [0.15, 0.2) is 46.1 Å². The largest absolute Gasteiger partial charge is 0.423 e. The summed E-state index contributed by atoms with van der Waals surface area (Å²) in [6.07, 6.45) is 1.29. The molecule has 0 aliphatic heterocycles. The number of rotatable bonds is 6. The van der Waals surface area contributed by atoms with Crippen LogP contribution in [-0.4, -0.2) is 18.2 Å². The monoisotopic (exact) mass is 287 g/mol. The third-order valence-corrected chi connectivity index (χ3v) is 3.64. The summed E-state index contributed by atoms with van der Waals surface area (Å²) in [7, 11) is 0. The van der Waals surface area contributed by atoms with Gasteiger partial charge in [0.25, 0.3) is 0 Å². The fourth-order valence-corrected chi connectivity index (χ4v) is 2.52. The number of nitrogens with zero attached hydrogens (tertiary/aromatic N) is 1. The molecule has 2 rings (SSSR count). The first-order valence-electron chi connectivity index (χ1n) is 7.22. The molecule has 0 aliphatic rings. The Labute approximate surface area is 124 Å². The van der Waals surface area contributed by atoms with Gasteiger partial charge in [0.05, 0.1) is 6.10 Å². The van der Waals surface area contributed by atoms with Gasteiger partial charge in [-0.05, 0) is 38.0 Å². The predicted octanol–water partition coefficient (Wildman–Crippen LogP) is 3.25. The summed E-state index contributed by atoms with van der Waals surface area (Å²) in [4.78, 5) is 13.9. The lowest BCUT2D eigenvalue weighted by atomic mass is 10.0. The van der Waals surface area contributed by atoms with Gasteiger partial charge in [0.2, 0.25) is 0 Å². The molecule has 4 heteroatoms. The maximum atomic E-state index is 11.7. The van der Waals surface area contributed by atoms with Crippen LogP contribution in [0.4, 0.5) is 5.69 Å². The third kappa shape index (κ3) is 3.16. The van der Waals surface area contributed by atoms with Crippen LogP contribution in [0, 0.1) is 0 Å². The first-order chi connectivity index (χ1) is 10.1. The van der Waals surface area contributed by atoms with Gasteiger partial charge >= 0.3 is 5.63 Å². The van der Waals surface area contributed by atoms with Crippen molar-refractivity contribution in [1.29, 1.82) is 0 Å². The van der Waals surface area contributed by atoms with E-state index in [1.165, 1.54) is 6.07 Å². The van der Waals surface area contributed by atoms with Gasteiger partial charge in [-0.1, -0.05) is 6.08 Å². The minimum absolute atomic E-state index is 0.399. The highest BCUT2D eigenvalue weighted by Gasteiger charge is 2.14. The number of fused-ring (bicyclic) bond motifs is 1. The van der Waals surface area contributed by atoms with Crippen LogP contribution >= 0.6 is 0 Å². The lowest BCUT2D eigenvalue weighted by molar-refractivity contribution is 0.182. The van der Waals surface area contributed by atoms with Crippen molar-refractivity contribution < 1.29 is 9.52 Å². The average molecular weight is 287 g/mol. The Morgan fingerprint density at radius 3 is 2.67 bits per heavy atom. The van der Waals surface area contributed by atoms with Gasteiger partial charge in [-0.2, -0.15) is 0 Å². The summed E-state index contributed by atoms with van der Waals surface area (Å²) in [5, 5.41) is 10.9. The Hall–Kier alpha value is -2.07. The summed E-state index contributed by atoms with van der Waals surface area (Å²) in [5.41, 5.74) is 1.65. The van der Waals surface area contributed by atoms with E-state index >= 15 is 0 Å². The molecule has 1 aromatic heterocycles. The van der Waals surface area contributed by atoms with E-state index in [1.54, 1.807) is 6.08 Å². The molecule has 0 spiro atoms. The molecule has 21 heavy (non-hydrogen) atoms. The Morgan fingerprint density at radius 1 is 1.33 bits per heavy atom. The van der Waals surface area contributed by atoms with Crippen LogP contribution < -0.4 is 10.5 Å². The predicted molar refractivity (Wildman–Crippen MR) is 85.8 cm³/mol. The zero-order chi connectivity index (χ0) is 15.4. The molecule has 2 aromatic rings. The molecule has 0 bridgehead atoms. The Bertz CT molecular complexity index is 686. The first kappa shape index (κ1) is 15.3. The highest BCUT2D eigenvalue weighted by atomic mass is 16.4. The summed E-state index contributed by atoms with van der Waals surface area (Å²) < 4.78 is 5.29. The highest BCUT2D eigenvalue weighted by Crippen LogP contribution is 2.28. The second kappa shape index (κ2) is 6.59. The second-order valence-corrected chi connectivity index (χ2v) is 4.91. The maximum Gasteiger partial charge on any atom is 0.336 e. The van der Waals surface area contributed by atoms with Crippen LogP contribution in [0.2, 0.25) is 0 Å². The van der Waals surface area contributed by atoms with Crippen molar-refractivity contribution in [2.75, 3.05) is 18.0 Å². The molecule has 1 atom stereocenters. The highest BCUT2D eigenvalue weighted by molar-refractivity contribution is 5.84. The molecule has 1 heterocycles. The number of anilines is 1. The van der Waals surface area contributed by atoms with E-state index in [1.807, 2.05) is 18.2 Å². The van der Waals surface area contributed by atoms with Gasteiger partial charge in [0.1, 0.15) is 5.58 Å². The number of hydrogen-bond acceptors (Lipinski definition) is 4. The van der Waals surface area contributed by atoms with Gasteiger partial charge in [0, 0.05) is 36.3 Å². The molecule has 0 fully saturated rings. The molecule has 112 valence electrons. The van der Waals surface area contributed by atoms with E-state index in [9.17, 15) is 9.90 Å². The van der Waals surface area contributed by atoms with E-state index in [4.69, 9.17) is 4.42 Å². The molecule has 1 unspecified atom stereocenters. The molecule has 4 nitrogen and oxygen atoms in total. The maximum absolute atomic E-state index is 11.7. The molecule has 0 saturated carbocycles. The van der Waals surface area contributed by atoms with Gasteiger partial charge in [0.15, 0.2) is 0 Å². The van der Waals surface area contributed by atoms with Crippen LogP contribution in [0.1, 0.15) is 31.9 Å². The normalized spacial score (nSPS) is 12.3. The minimum Gasteiger partial charge on any atom is -0.423 e. The quantitative estimate of drug-likeness (QED) is 0.654. The van der Waals surface area contributed by atoms with Gasteiger partial charge in [-0.25, -0.2) is 4.79 Å². The molecule has 0 saturated heterocycles. The van der Waals surface area contributed by atoms with Crippen molar-refractivity contribution in [2.24, 2.45) is 0 Å². The summed E-state index contributed by atoms with van der Waals surface area (Å²) >= 11 is 0. The third-order valence-electron chi connectivity index (χ3n) is 3.64. The zero-order valence-corrected chi connectivity index (χ0v) is 12.5. The van der Waals surface area contributed by atoms with E-state index in [0.717, 1.165) is 24.2 Å². The Kier molecular flexibility index (Phi) is 4.81. The Morgan fingerprint density at radius 2 is 2.05 bits per heavy atom. The van der Waals surface area contributed by atoms with Crippen molar-refractivity contribution in [3.63, 3.8) is 0 Å². The van der Waals surface area contributed by atoms with Gasteiger partial charge in [-0.3, -0.25) is 0 Å². The minimum atomic E-state index is -0.742. The van der Waals surface area contributed by atoms with Gasteiger partial charge in [-0.15, -0.1) is 6.58 Å². The van der Waals surface area contributed by atoms with E-state index < -0.39 is 11.7 Å². The van der Waals surface area contributed by atoms with Crippen LogP contribution in [0.25, 0.3) is 11.0 Å². The Balaban J connectivity index is 2.58. The average Bonchev–Trinajstić information content (AvgIpc) is 2.47. The fraction of sp³-hybridized carbons (Fsp3) is 0.353. The summed E-state index contributed by atoms with van der Waals surface area (Å²) in [5.74, 6) is 0. The molecular weight excluding hydrogens is 266 g/mol. The topological polar surface area (TPSA) is 53.7 Å². The van der Waals surface area contributed by atoms with Crippen molar-refractivity contribution in [2.45, 2.75) is 26.4 Å². The summed E-state index contributed by atoms with van der Waals surface area (Å²) in [6.45, 7) is 9.53. The molecule has 1 aromatic carbocycles. The van der Waals surface area contributed by atoms with Gasteiger partial charge < -0.3 is 14.4 Å². The number of aliphatic hydroxyl groups excluding tert-OH is 1. The number of hydrogen-bond donors (Lipinski definition) is 1. The number of benzene rings is 1. The first-order valence-corrected chi connectivity index (χ1v) is 7.22. The fourth-order valence-electron chi connectivity index (χ4n) is 2.52. The molecule has 0 radical (unpaired) electrons. The van der Waals surface area contributed by atoms with Crippen molar-refractivity contribution in [3.8, 4) is 0 Å². The smallest absolute Gasteiger partial charge is 0.336 e. The molecule has 0 aliphatic carbocycles. The lowest BCUT2D eigenvalue weighted by Crippen LogP contribution is -2.21. The van der Waals surface area contributed by atoms with E-state index in [0.29, 0.717) is 17.6 Å². The number of aliphatic hydroxyl groups is 1. The molecular formula is C17H21NO3. The van der Waals surface area contributed by atoms with E-state index in [-0.39, 0.29) is 0 Å². The van der Waals surface area contributed by atoms with Crippen molar-refractivity contribution in [1.82, 2.24) is 0 Å². The molecule has 1 N–H and O–H groups in total. The summed E-state index contributed by atoms with van der Waals surface area (Å²) in [6, 6.07) is 7.09. The zero-order valence-electron chi connectivity index (χ0n) is 12.5. The lowest BCUT2D eigenvalue weighted by Gasteiger charge is -2.21. The SMILES string of the molecule is C=CCC(O)c1cc(=O)oc2cc(N(CC)CC)ccc12. The second-order valence-electron chi connectivity index (χ2n) is 4.91. The molecule has 0 amide bonds. The van der Waals surface area contributed by atoms with Crippen molar-refractivity contribution >= 4 is 16.7 Å². The van der Waals surface area contributed by atoms with Crippen molar-refractivity contribution in [3.05, 3.63) is 52.9 Å². The standard InChI is InChI=1S/C17H21NO3/c1-4-7-15(19)14-11-17(20)21-16-10-12(8-9-13(14)16)18(5-2)6-3/h4,8-11,15,19H,1,5-7H2,2-3H3. The van der Waals surface area contributed by atoms with Crippen LogP contribution in [0.5, 0.6) is 0 Å². The van der Waals surface area contributed by atoms with E-state index in [2.05, 4.69) is 25.3 Å².